The van der Waals surface area contributed by atoms with E-state index in [9.17, 15) is 4.79 Å². The summed E-state index contributed by atoms with van der Waals surface area (Å²) in [5, 5.41) is 4.71. The number of hydrogen-bond acceptors (Lipinski definition) is 8. The predicted octanol–water partition coefficient (Wildman–Crippen LogP) is 4.35. The van der Waals surface area contributed by atoms with Crippen LogP contribution in [0.15, 0.2) is 73.1 Å². The second-order valence-corrected chi connectivity index (χ2v) is 7.97. The van der Waals surface area contributed by atoms with Gasteiger partial charge in [-0.1, -0.05) is 24.3 Å². The van der Waals surface area contributed by atoms with Crippen molar-refractivity contribution in [1.29, 1.82) is 0 Å². The second-order valence-electron chi connectivity index (χ2n) is 7.97. The van der Waals surface area contributed by atoms with Gasteiger partial charge < -0.3 is 23.7 Å². The highest BCUT2D eigenvalue weighted by Crippen LogP contribution is 2.39. The summed E-state index contributed by atoms with van der Waals surface area (Å²) in [7, 11) is 2.98. The maximum Gasteiger partial charge on any atom is 0.338 e. The van der Waals surface area contributed by atoms with Gasteiger partial charge in [-0.3, -0.25) is 0 Å². The molecule has 2 aromatic carbocycles. The summed E-state index contributed by atoms with van der Waals surface area (Å²) in [4.78, 5) is 16.3. The monoisotopic (exact) mass is 487 g/mol. The van der Waals surface area contributed by atoms with Gasteiger partial charge in [-0.25, -0.2) is 14.5 Å². The minimum absolute atomic E-state index is 0.367. The summed E-state index contributed by atoms with van der Waals surface area (Å²) in [6.45, 7) is 1.36. The molecule has 0 amide bonds. The minimum Gasteiger partial charge on any atom is -0.497 e. The number of esters is 1. The minimum atomic E-state index is -0.571. The Hall–Kier alpha value is -4.21. The lowest BCUT2D eigenvalue weighted by Crippen LogP contribution is -2.07. The van der Waals surface area contributed by atoms with E-state index >= 15 is 0 Å². The third-order valence-corrected chi connectivity index (χ3v) is 5.74. The van der Waals surface area contributed by atoms with Gasteiger partial charge in [0.1, 0.15) is 18.1 Å². The van der Waals surface area contributed by atoms with Gasteiger partial charge in [0.15, 0.2) is 12.1 Å². The van der Waals surface area contributed by atoms with Crippen molar-refractivity contribution in [3.63, 3.8) is 0 Å². The van der Waals surface area contributed by atoms with Crippen LogP contribution in [-0.2, 0) is 20.8 Å². The van der Waals surface area contributed by atoms with E-state index in [2.05, 4.69) is 4.98 Å². The lowest BCUT2D eigenvalue weighted by molar-refractivity contribution is -0.0454. The normalized spacial score (nSPS) is 13.5. The van der Waals surface area contributed by atoms with Crippen molar-refractivity contribution in [2.24, 2.45) is 0 Å². The van der Waals surface area contributed by atoms with Crippen molar-refractivity contribution in [2.45, 2.75) is 12.9 Å². The number of carbonyl (C=O) groups excluding carboxylic acids is 1. The Morgan fingerprint density at radius 3 is 2.61 bits per heavy atom. The molecule has 1 fully saturated rings. The average Bonchev–Trinajstić information content (AvgIpc) is 3.64. The van der Waals surface area contributed by atoms with Gasteiger partial charge in [-0.05, 0) is 42.0 Å². The van der Waals surface area contributed by atoms with Gasteiger partial charge in [-0.15, -0.1) is 0 Å². The average molecular weight is 488 g/mol. The zero-order valence-corrected chi connectivity index (χ0v) is 19.9. The maximum atomic E-state index is 11.9. The Kier molecular flexibility index (Phi) is 6.92. The van der Waals surface area contributed by atoms with Crippen molar-refractivity contribution in [3.8, 4) is 28.6 Å². The van der Waals surface area contributed by atoms with E-state index in [1.807, 2.05) is 48.5 Å². The topological polar surface area (TPSA) is 93.9 Å². The fraction of sp³-hybridized carbons (Fsp3) is 0.222. The number of methoxy groups -OCH3 is 2. The van der Waals surface area contributed by atoms with E-state index in [4.69, 9.17) is 28.8 Å². The van der Waals surface area contributed by atoms with Gasteiger partial charge in [-0.2, -0.15) is 5.10 Å². The van der Waals surface area contributed by atoms with Crippen LogP contribution in [0.3, 0.4) is 0 Å². The quantitative estimate of drug-likeness (QED) is 0.339. The van der Waals surface area contributed by atoms with Gasteiger partial charge in [0.2, 0.25) is 0 Å². The predicted molar refractivity (Wildman–Crippen MR) is 130 cm³/mol. The lowest BCUT2D eigenvalue weighted by atomic mass is 10.0. The van der Waals surface area contributed by atoms with E-state index < -0.39 is 12.3 Å². The zero-order valence-electron chi connectivity index (χ0n) is 19.9. The van der Waals surface area contributed by atoms with Crippen molar-refractivity contribution in [1.82, 2.24) is 14.8 Å². The van der Waals surface area contributed by atoms with Crippen LogP contribution in [0.1, 0.15) is 27.8 Å². The molecule has 0 unspecified atom stereocenters. The van der Waals surface area contributed by atoms with E-state index in [-0.39, 0.29) is 0 Å². The lowest BCUT2D eigenvalue weighted by Gasteiger charge is -2.19. The summed E-state index contributed by atoms with van der Waals surface area (Å²) < 4.78 is 29.6. The summed E-state index contributed by atoms with van der Waals surface area (Å²) in [6, 6.07) is 18.6. The van der Waals surface area contributed by atoms with Gasteiger partial charge in [0, 0.05) is 18.0 Å². The van der Waals surface area contributed by atoms with E-state index in [0.717, 1.165) is 22.4 Å². The van der Waals surface area contributed by atoms with Crippen LogP contribution in [0.25, 0.3) is 17.1 Å². The molecule has 1 saturated heterocycles. The van der Waals surface area contributed by atoms with Crippen LogP contribution in [0, 0.1) is 0 Å². The smallest absolute Gasteiger partial charge is 0.338 e. The molecule has 3 heterocycles. The zero-order chi connectivity index (χ0) is 24.9. The summed E-state index contributed by atoms with van der Waals surface area (Å²) >= 11 is 0. The summed E-state index contributed by atoms with van der Waals surface area (Å²) in [6.07, 6.45) is 2.75. The van der Waals surface area contributed by atoms with Crippen LogP contribution in [0.5, 0.6) is 11.5 Å². The molecule has 0 bridgehead atoms. The van der Waals surface area contributed by atoms with Crippen molar-refractivity contribution in [2.75, 3.05) is 27.4 Å². The Labute approximate surface area is 208 Å². The number of nitrogens with zero attached hydrogens (tertiary/aromatic N) is 3. The molecule has 0 aliphatic carbocycles. The molecule has 184 valence electrons. The molecule has 0 atom stereocenters. The fourth-order valence-corrected chi connectivity index (χ4v) is 3.93. The van der Waals surface area contributed by atoms with Crippen molar-refractivity contribution >= 4 is 5.97 Å². The first-order valence-corrected chi connectivity index (χ1v) is 11.4. The Balaban J connectivity index is 1.46. The van der Waals surface area contributed by atoms with E-state index in [0.29, 0.717) is 42.6 Å². The third-order valence-electron chi connectivity index (χ3n) is 5.74. The molecule has 36 heavy (non-hydrogen) atoms. The van der Waals surface area contributed by atoms with Crippen LogP contribution in [0.2, 0.25) is 0 Å². The first-order valence-electron chi connectivity index (χ1n) is 11.4. The SMILES string of the molecule is COC(=O)c1ccnc(-n2ccc(-c3cccc(OCc4ccc(OC)cc4)c3C3OCCO3)n2)c1. The molecule has 5 rings (SSSR count). The Morgan fingerprint density at radius 1 is 1.06 bits per heavy atom. The molecular weight excluding hydrogens is 462 g/mol. The molecule has 4 aromatic rings. The van der Waals surface area contributed by atoms with Crippen LogP contribution in [-0.4, -0.2) is 48.2 Å². The first-order chi connectivity index (χ1) is 17.7. The molecular formula is C27H25N3O6. The standard InChI is InChI=1S/C27H25N3O6/c1-32-20-8-6-18(7-9-20)17-36-23-5-3-4-21(25(23)27-34-14-15-35-27)22-11-13-30(29-22)24-16-19(10-12-28-24)26(31)33-2/h3-13,16,27H,14-15,17H2,1-2H3. The van der Waals surface area contributed by atoms with Crippen LogP contribution < -0.4 is 9.47 Å². The highest BCUT2D eigenvalue weighted by Gasteiger charge is 2.27. The molecule has 1 aliphatic rings. The molecule has 0 radical (unpaired) electrons. The molecule has 9 nitrogen and oxygen atoms in total. The van der Waals surface area contributed by atoms with Crippen molar-refractivity contribution in [3.05, 3.63) is 89.7 Å². The number of carbonyl (C=O) groups is 1. The highest BCUT2D eigenvalue weighted by molar-refractivity contribution is 5.89. The second kappa shape index (κ2) is 10.6. The largest absolute Gasteiger partial charge is 0.497 e. The van der Waals surface area contributed by atoms with Gasteiger partial charge in [0.05, 0.1) is 44.3 Å². The molecule has 0 N–H and O–H groups in total. The number of ether oxygens (including phenoxy) is 5. The number of benzene rings is 2. The third kappa shape index (κ3) is 4.93. The molecule has 2 aromatic heterocycles. The summed E-state index contributed by atoms with van der Waals surface area (Å²) in [5.41, 5.74) is 3.66. The maximum absolute atomic E-state index is 11.9. The molecule has 9 heteroatoms. The van der Waals surface area contributed by atoms with Gasteiger partial charge >= 0.3 is 5.97 Å². The Morgan fingerprint density at radius 2 is 1.86 bits per heavy atom. The first kappa shape index (κ1) is 23.5. The Bertz CT molecular complexity index is 1350. The van der Waals surface area contributed by atoms with Crippen LogP contribution in [0.4, 0.5) is 0 Å². The number of hydrogen-bond donors (Lipinski definition) is 0. The number of rotatable bonds is 8. The molecule has 0 spiro atoms. The van der Waals surface area contributed by atoms with Gasteiger partial charge in [0.25, 0.3) is 0 Å². The fourth-order valence-electron chi connectivity index (χ4n) is 3.93. The molecule has 1 aliphatic heterocycles. The highest BCUT2D eigenvalue weighted by atomic mass is 16.7. The number of aromatic nitrogens is 3. The van der Waals surface area contributed by atoms with E-state index in [1.54, 1.807) is 36.3 Å². The molecule has 0 saturated carbocycles. The van der Waals surface area contributed by atoms with E-state index in [1.165, 1.54) is 7.11 Å². The van der Waals surface area contributed by atoms with Crippen molar-refractivity contribution < 1.29 is 28.5 Å². The summed E-state index contributed by atoms with van der Waals surface area (Å²) in [5.74, 6) is 1.49. The number of pyridine rings is 1. The van der Waals surface area contributed by atoms with Crippen LogP contribution >= 0.6 is 0 Å².